The predicted octanol–water partition coefficient (Wildman–Crippen LogP) is 0.870. The Bertz CT molecular complexity index is 371. The number of hydrogen-bond donors (Lipinski definition) is 3. The van der Waals surface area contributed by atoms with Crippen molar-refractivity contribution in [2.75, 3.05) is 30.9 Å². The first kappa shape index (κ1) is 12.8. The zero-order chi connectivity index (χ0) is 12.0. The summed E-state index contributed by atoms with van der Waals surface area (Å²) in [5.41, 5.74) is 6.52. The summed E-state index contributed by atoms with van der Waals surface area (Å²) in [5.74, 6) is -0.310. The van der Waals surface area contributed by atoms with Crippen LogP contribution in [0, 0.1) is 0 Å². The lowest BCUT2D eigenvalue weighted by atomic mass is 10.3. The summed E-state index contributed by atoms with van der Waals surface area (Å²) in [6.45, 7) is -0.0829. The van der Waals surface area contributed by atoms with Crippen molar-refractivity contribution in [1.82, 2.24) is 0 Å². The molecule has 0 saturated heterocycles. The molecular weight excluding hydrogens is 232 g/mol. The number of anilines is 2. The minimum Gasteiger partial charge on any atom is -0.397 e. The van der Waals surface area contributed by atoms with E-state index in [0.717, 1.165) is 0 Å². The standard InChI is InChI=1S/C10H13ClN2O3/c11-8-2-1-7(5-9(8)12)13-10(15)6-16-4-3-14/h1-2,5,14H,3-4,6,12H2,(H,13,15). The van der Waals surface area contributed by atoms with Crippen LogP contribution in [0.15, 0.2) is 18.2 Å². The van der Waals surface area contributed by atoms with Gasteiger partial charge in [0.1, 0.15) is 6.61 Å². The molecule has 1 rings (SSSR count). The van der Waals surface area contributed by atoms with Crippen molar-refractivity contribution in [1.29, 1.82) is 0 Å². The molecule has 0 radical (unpaired) electrons. The van der Waals surface area contributed by atoms with Gasteiger partial charge in [0.2, 0.25) is 5.91 Å². The largest absolute Gasteiger partial charge is 0.397 e. The van der Waals surface area contributed by atoms with Crippen LogP contribution < -0.4 is 11.1 Å². The maximum Gasteiger partial charge on any atom is 0.250 e. The molecule has 0 aromatic heterocycles. The topological polar surface area (TPSA) is 84.6 Å². The molecule has 1 aromatic carbocycles. The first-order valence-corrected chi connectivity index (χ1v) is 5.04. The van der Waals surface area contributed by atoms with Crippen LogP contribution in [0.5, 0.6) is 0 Å². The lowest BCUT2D eigenvalue weighted by Crippen LogP contribution is -2.19. The fraction of sp³-hybridized carbons (Fsp3) is 0.300. The number of aliphatic hydroxyl groups is 1. The van der Waals surface area contributed by atoms with E-state index >= 15 is 0 Å². The number of hydrogen-bond acceptors (Lipinski definition) is 4. The molecule has 0 aliphatic carbocycles. The molecule has 0 atom stereocenters. The van der Waals surface area contributed by atoms with Crippen LogP contribution in [-0.4, -0.2) is 30.8 Å². The molecule has 16 heavy (non-hydrogen) atoms. The average Bonchev–Trinajstić information content (AvgIpc) is 2.24. The zero-order valence-electron chi connectivity index (χ0n) is 8.57. The van der Waals surface area contributed by atoms with E-state index < -0.39 is 0 Å². The number of benzene rings is 1. The summed E-state index contributed by atoms with van der Waals surface area (Å²) in [6, 6.07) is 4.80. The van der Waals surface area contributed by atoms with Gasteiger partial charge in [0.25, 0.3) is 0 Å². The molecule has 6 heteroatoms. The van der Waals surface area contributed by atoms with Gasteiger partial charge in [0.05, 0.1) is 23.9 Å². The molecule has 0 aliphatic heterocycles. The number of rotatable bonds is 5. The Morgan fingerprint density at radius 3 is 2.94 bits per heavy atom. The van der Waals surface area contributed by atoms with Gasteiger partial charge in [0.15, 0.2) is 0 Å². The molecule has 0 spiro atoms. The number of ether oxygens (including phenoxy) is 1. The highest BCUT2D eigenvalue weighted by atomic mass is 35.5. The zero-order valence-corrected chi connectivity index (χ0v) is 9.33. The Morgan fingerprint density at radius 1 is 1.56 bits per heavy atom. The third-order valence-electron chi connectivity index (χ3n) is 1.75. The third kappa shape index (κ3) is 4.06. The number of nitrogen functional groups attached to an aromatic ring is 1. The summed E-state index contributed by atoms with van der Waals surface area (Å²) in [6.07, 6.45) is 0. The Labute approximate surface area is 98.2 Å². The second-order valence-corrected chi connectivity index (χ2v) is 3.47. The van der Waals surface area contributed by atoms with E-state index in [0.29, 0.717) is 16.4 Å². The molecule has 0 aliphatic rings. The molecular formula is C10H13ClN2O3. The van der Waals surface area contributed by atoms with Gasteiger partial charge in [-0.3, -0.25) is 4.79 Å². The maximum absolute atomic E-state index is 11.3. The lowest BCUT2D eigenvalue weighted by molar-refractivity contribution is -0.120. The van der Waals surface area contributed by atoms with Crippen molar-refractivity contribution in [3.05, 3.63) is 23.2 Å². The molecule has 0 heterocycles. The highest BCUT2D eigenvalue weighted by molar-refractivity contribution is 6.33. The van der Waals surface area contributed by atoms with Gasteiger partial charge in [0, 0.05) is 5.69 Å². The van der Waals surface area contributed by atoms with Crippen LogP contribution in [-0.2, 0) is 9.53 Å². The normalized spacial score (nSPS) is 10.1. The minimum atomic E-state index is -0.310. The van der Waals surface area contributed by atoms with Crippen LogP contribution >= 0.6 is 11.6 Å². The van der Waals surface area contributed by atoms with Crippen molar-refractivity contribution in [3.63, 3.8) is 0 Å². The van der Waals surface area contributed by atoms with E-state index in [2.05, 4.69) is 5.32 Å². The van der Waals surface area contributed by atoms with Gasteiger partial charge in [-0.05, 0) is 18.2 Å². The maximum atomic E-state index is 11.3. The Morgan fingerprint density at radius 2 is 2.31 bits per heavy atom. The van der Waals surface area contributed by atoms with Crippen molar-refractivity contribution < 1.29 is 14.6 Å². The second-order valence-electron chi connectivity index (χ2n) is 3.06. The Balaban J connectivity index is 2.46. The molecule has 1 amide bonds. The summed E-state index contributed by atoms with van der Waals surface area (Å²) in [5, 5.41) is 11.5. The van der Waals surface area contributed by atoms with Crippen LogP contribution in [0.1, 0.15) is 0 Å². The molecule has 88 valence electrons. The summed E-state index contributed by atoms with van der Waals surface area (Å²) >= 11 is 5.73. The monoisotopic (exact) mass is 244 g/mol. The van der Waals surface area contributed by atoms with Gasteiger partial charge in [-0.1, -0.05) is 11.6 Å². The third-order valence-corrected chi connectivity index (χ3v) is 2.09. The molecule has 0 bridgehead atoms. The van der Waals surface area contributed by atoms with Gasteiger partial charge in [-0.25, -0.2) is 0 Å². The van der Waals surface area contributed by atoms with Crippen molar-refractivity contribution >= 4 is 28.9 Å². The number of nitrogens with one attached hydrogen (secondary N) is 1. The number of amides is 1. The van der Waals surface area contributed by atoms with Crippen LogP contribution in [0.4, 0.5) is 11.4 Å². The summed E-state index contributed by atoms with van der Waals surface area (Å²) < 4.78 is 4.85. The molecule has 4 N–H and O–H groups in total. The van der Waals surface area contributed by atoms with Gasteiger partial charge in [-0.2, -0.15) is 0 Å². The second kappa shape index (κ2) is 6.32. The smallest absolute Gasteiger partial charge is 0.250 e. The Kier molecular flexibility index (Phi) is 5.04. The number of carbonyl (C=O) groups excluding carboxylic acids is 1. The van der Waals surface area contributed by atoms with Crippen molar-refractivity contribution in [2.45, 2.75) is 0 Å². The quantitative estimate of drug-likeness (QED) is 0.530. The van der Waals surface area contributed by atoms with Crippen LogP contribution in [0.3, 0.4) is 0 Å². The number of carbonyl (C=O) groups is 1. The predicted molar refractivity (Wildman–Crippen MR) is 62.4 cm³/mol. The van der Waals surface area contributed by atoms with Gasteiger partial charge < -0.3 is 20.9 Å². The SMILES string of the molecule is Nc1cc(NC(=O)COCCO)ccc1Cl. The number of aliphatic hydroxyl groups excluding tert-OH is 1. The summed E-state index contributed by atoms with van der Waals surface area (Å²) in [7, 11) is 0. The molecule has 0 unspecified atom stereocenters. The first-order valence-electron chi connectivity index (χ1n) is 4.67. The van der Waals surface area contributed by atoms with E-state index in [9.17, 15) is 4.79 Å². The lowest BCUT2D eigenvalue weighted by Gasteiger charge is -2.06. The molecule has 5 nitrogen and oxygen atoms in total. The van der Waals surface area contributed by atoms with E-state index in [1.165, 1.54) is 0 Å². The highest BCUT2D eigenvalue weighted by Crippen LogP contribution is 2.22. The van der Waals surface area contributed by atoms with E-state index in [4.69, 9.17) is 27.2 Å². The molecule has 0 fully saturated rings. The first-order chi connectivity index (χ1) is 7.63. The Hall–Kier alpha value is -1.30. The number of nitrogens with two attached hydrogens (primary N) is 1. The minimum absolute atomic E-state index is 0.108. The summed E-state index contributed by atoms with van der Waals surface area (Å²) in [4.78, 5) is 11.3. The van der Waals surface area contributed by atoms with E-state index in [-0.39, 0.29) is 25.7 Å². The van der Waals surface area contributed by atoms with Crippen LogP contribution in [0.2, 0.25) is 5.02 Å². The van der Waals surface area contributed by atoms with Crippen molar-refractivity contribution in [2.24, 2.45) is 0 Å². The van der Waals surface area contributed by atoms with Gasteiger partial charge >= 0.3 is 0 Å². The average molecular weight is 245 g/mol. The fourth-order valence-electron chi connectivity index (χ4n) is 1.05. The molecule has 0 saturated carbocycles. The fourth-order valence-corrected chi connectivity index (χ4v) is 1.17. The van der Waals surface area contributed by atoms with Gasteiger partial charge in [-0.15, -0.1) is 0 Å². The number of halogens is 1. The van der Waals surface area contributed by atoms with Crippen molar-refractivity contribution in [3.8, 4) is 0 Å². The van der Waals surface area contributed by atoms with E-state index in [1.54, 1.807) is 18.2 Å². The highest BCUT2D eigenvalue weighted by Gasteiger charge is 2.03. The van der Waals surface area contributed by atoms with Crippen LogP contribution in [0.25, 0.3) is 0 Å². The van der Waals surface area contributed by atoms with E-state index in [1.807, 2.05) is 0 Å². The molecule has 1 aromatic rings.